The number of aliphatic hydroxyl groups excluding tert-OH is 1. The van der Waals surface area contributed by atoms with Gasteiger partial charge < -0.3 is 25.1 Å². The molecule has 0 amide bonds. The van der Waals surface area contributed by atoms with Crippen molar-refractivity contribution in [2.24, 2.45) is 0 Å². The van der Waals surface area contributed by atoms with E-state index in [4.69, 9.17) is 16.3 Å². The molecule has 0 aromatic heterocycles. The van der Waals surface area contributed by atoms with Gasteiger partial charge in [-0.15, -0.1) is 0 Å². The number of rotatable bonds is 11. The molecule has 0 aliphatic rings. The zero-order valence-electron chi connectivity index (χ0n) is 21.2. The van der Waals surface area contributed by atoms with Gasteiger partial charge in [0.1, 0.15) is 11.5 Å². The quantitative estimate of drug-likeness (QED) is 0.205. The Morgan fingerprint density at radius 2 is 1.59 bits per heavy atom. The number of ether oxygens (including phenoxy) is 1. The molecule has 0 spiro atoms. The van der Waals surface area contributed by atoms with Crippen LogP contribution in [0, 0.1) is 0 Å². The van der Waals surface area contributed by atoms with E-state index in [9.17, 15) is 23.4 Å². The second-order valence-electron chi connectivity index (χ2n) is 8.56. The summed E-state index contributed by atoms with van der Waals surface area (Å²) in [4.78, 5) is 11.1. The average molecular weight is 574 g/mol. The average Bonchev–Trinajstić information content (AvgIpc) is 2.92. The molecule has 196 valence electrons. The number of hydrogen-bond donors (Lipinski definition) is 2. The topological polar surface area (TPSA) is 116 Å². The van der Waals surface area contributed by atoms with Gasteiger partial charge in [0, 0.05) is 11.6 Å². The van der Waals surface area contributed by atoms with Crippen molar-refractivity contribution in [1.29, 1.82) is 0 Å². The molecule has 2 N–H and O–H groups in total. The van der Waals surface area contributed by atoms with E-state index < -0.39 is 21.9 Å². The molecule has 39 heavy (non-hydrogen) atoms. The minimum atomic E-state index is -3.78. The maximum Gasteiger partial charge on any atom is 1.00 e. The second-order valence-corrected chi connectivity index (χ2v) is 10.9. The van der Waals surface area contributed by atoms with Crippen molar-refractivity contribution in [2.45, 2.75) is 22.3 Å². The van der Waals surface area contributed by atoms with Crippen LogP contribution in [0.15, 0.2) is 107 Å². The number of aliphatic hydroxyl groups is 1. The van der Waals surface area contributed by atoms with Gasteiger partial charge in [0.05, 0.1) is 21.9 Å². The maximum absolute atomic E-state index is 13.2. The predicted octanol–water partition coefficient (Wildman–Crippen LogP) is 1.20. The van der Waals surface area contributed by atoms with Crippen LogP contribution < -0.4 is 44.7 Å². The van der Waals surface area contributed by atoms with Gasteiger partial charge >= 0.3 is 29.6 Å². The molecule has 4 aromatic carbocycles. The number of halogens is 1. The van der Waals surface area contributed by atoms with Crippen LogP contribution in [0.1, 0.15) is 27.6 Å². The van der Waals surface area contributed by atoms with Crippen LogP contribution in [0.3, 0.4) is 0 Å². The largest absolute Gasteiger partial charge is 1.00 e. The van der Waals surface area contributed by atoms with Crippen molar-refractivity contribution < 1.29 is 57.7 Å². The van der Waals surface area contributed by atoms with Gasteiger partial charge in [-0.2, -0.15) is 0 Å². The molecule has 10 heteroatoms. The Hall–Kier alpha value is -2.69. The normalized spacial score (nSPS) is 11.8. The first-order valence-electron chi connectivity index (χ1n) is 11.8. The number of carboxylic acids is 1. The first-order chi connectivity index (χ1) is 18.2. The molecule has 7 nitrogen and oxygen atoms in total. The summed E-state index contributed by atoms with van der Waals surface area (Å²) in [5.41, 5.74) is 1.71. The van der Waals surface area contributed by atoms with Gasteiger partial charge in [-0.05, 0) is 96.4 Å². The molecule has 0 radical (unpaired) electrons. The van der Waals surface area contributed by atoms with E-state index >= 15 is 0 Å². The third kappa shape index (κ3) is 8.40. The summed E-state index contributed by atoms with van der Waals surface area (Å²) in [5, 5.41) is 25.0. The number of nitrogens with one attached hydrogen (secondary N) is 1. The Bertz CT molecular complexity index is 1510. The Morgan fingerprint density at radius 1 is 0.897 bits per heavy atom. The third-order valence-corrected chi connectivity index (χ3v) is 7.84. The maximum atomic E-state index is 13.2. The summed E-state index contributed by atoms with van der Waals surface area (Å²) < 4.78 is 32.1. The van der Waals surface area contributed by atoms with Crippen LogP contribution in [0.5, 0.6) is 11.5 Å². The van der Waals surface area contributed by atoms with Gasteiger partial charge in [-0.3, -0.25) is 0 Å². The van der Waals surface area contributed by atoms with Gasteiger partial charge in [0.25, 0.3) is 0 Å². The Labute approximate surface area is 254 Å². The molecule has 0 fully saturated rings. The second kappa shape index (κ2) is 14.1. The zero-order chi connectivity index (χ0) is 27.1. The minimum Gasteiger partial charge on any atom is -0.545 e. The molecule has 1 atom stereocenters. The van der Waals surface area contributed by atoms with Crippen LogP contribution in [0.4, 0.5) is 0 Å². The number of sulfone groups is 1. The number of hydrogen-bond acceptors (Lipinski definition) is 7. The van der Waals surface area contributed by atoms with Crippen LogP contribution >= 0.6 is 11.6 Å². The Kier molecular flexibility index (Phi) is 11.1. The van der Waals surface area contributed by atoms with Crippen LogP contribution in [0.25, 0.3) is 0 Å². The van der Waals surface area contributed by atoms with E-state index in [1.165, 1.54) is 36.4 Å². The fourth-order valence-corrected chi connectivity index (χ4v) is 5.27. The molecule has 0 aliphatic heterocycles. The zero-order valence-corrected chi connectivity index (χ0v) is 24.8. The summed E-state index contributed by atoms with van der Waals surface area (Å²) in [7, 11) is -3.78. The monoisotopic (exact) mass is 573 g/mol. The predicted molar refractivity (Wildman–Crippen MR) is 142 cm³/mol. The summed E-state index contributed by atoms with van der Waals surface area (Å²) >= 11 is 5.97. The molecule has 4 rings (SSSR count). The van der Waals surface area contributed by atoms with E-state index in [-0.39, 0.29) is 44.9 Å². The van der Waals surface area contributed by atoms with Crippen LogP contribution in [-0.4, -0.2) is 32.6 Å². The third-order valence-electron chi connectivity index (χ3n) is 5.84. The first kappa shape index (κ1) is 30.8. The number of carboxylic acid groups (broad SMARTS) is 1. The summed E-state index contributed by atoms with van der Waals surface area (Å²) in [6, 6.07) is 25.5. The fourth-order valence-electron chi connectivity index (χ4n) is 3.77. The van der Waals surface area contributed by atoms with Crippen molar-refractivity contribution in [3.8, 4) is 11.5 Å². The molecule has 4 aromatic rings. The van der Waals surface area contributed by atoms with Gasteiger partial charge in [0.15, 0.2) is 0 Å². The number of benzene rings is 4. The molecule has 0 bridgehead atoms. The SMILES string of the molecule is O=C([O-])c1ccc(Oc2cccc(S(=O)(=O)c3ccc(CCNC[C@H](O)c4cccc(Cl)c4)cc3)c2)cc1.[Na+]. The molecule has 0 saturated carbocycles. The molecular formula is C29H25ClNNaO6S. The molecule has 0 heterocycles. The van der Waals surface area contributed by atoms with E-state index in [1.807, 2.05) is 6.07 Å². The molecule has 0 saturated heterocycles. The van der Waals surface area contributed by atoms with Gasteiger partial charge in [-0.1, -0.05) is 41.9 Å². The Morgan fingerprint density at radius 3 is 2.26 bits per heavy atom. The van der Waals surface area contributed by atoms with Gasteiger partial charge in [0.2, 0.25) is 9.84 Å². The van der Waals surface area contributed by atoms with E-state index in [1.54, 1.807) is 54.6 Å². The van der Waals surface area contributed by atoms with Gasteiger partial charge in [-0.25, -0.2) is 8.42 Å². The number of carbonyl (C=O) groups excluding carboxylic acids is 1. The molecule has 0 unspecified atom stereocenters. The summed E-state index contributed by atoms with van der Waals surface area (Å²) in [6.45, 7) is 0.971. The van der Waals surface area contributed by atoms with Crippen molar-refractivity contribution in [1.82, 2.24) is 5.32 Å². The minimum absolute atomic E-state index is 0. The standard InChI is InChI=1S/C29H26ClNO6S.Na/c30-23-4-1-3-22(17-23)28(32)19-31-16-15-20-7-13-26(14-8-20)38(35,36)27-6-2-5-25(18-27)37-24-11-9-21(10-12-24)29(33)34;/h1-14,17-18,28,31-32H,15-16,19H2,(H,33,34);/q;+1/p-1/t28-;/m0./s1. The number of aromatic carboxylic acids is 1. The van der Waals surface area contributed by atoms with Crippen LogP contribution in [0.2, 0.25) is 5.02 Å². The van der Waals surface area contributed by atoms with Crippen LogP contribution in [-0.2, 0) is 16.3 Å². The molecule has 0 aliphatic carbocycles. The summed E-state index contributed by atoms with van der Waals surface area (Å²) in [5.74, 6) is -0.628. The smallest absolute Gasteiger partial charge is 0.545 e. The van der Waals surface area contributed by atoms with Crippen molar-refractivity contribution >= 4 is 27.4 Å². The van der Waals surface area contributed by atoms with Crippen molar-refractivity contribution in [3.05, 3.63) is 119 Å². The van der Waals surface area contributed by atoms with Crippen molar-refractivity contribution in [2.75, 3.05) is 13.1 Å². The van der Waals surface area contributed by atoms with Crippen molar-refractivity contribution in [3.63, 3.8) is 0 Å². The molecular weight excluding hydrogens is 549 g/mol. The van der Waals surface area contributed by atoms with E-state index in [0.717, 1.165) is 11.1 Å². The summed E-state index contributed by atoms with van der Waals surface area (Å²) in [6.07, 6.45) is -0.0230. The first-order valence-corrected chi connectivity index (χ1v) is 13.7. The fraction of sp³-hybridized carbons (Fsp3) is 0.138. The number of carbonyl (C=O) groups is 1. The van der Waals surface area contributed by atoms with E-state index in [2.05, 4.69) is 5.32 Å². The van der Waals surface area contributed by atoms with E-state index in [0.29, 0.717) is 36.0 Å². The Balaban J connectivity index is 0.00000420.